The molecule has 1 rings (SSSR count). The SMILES string of the molecule is COCCSc1cc(C(=O)O)c(N)cn1. The second-order valence-corrected chi connectivity index (χ2v) is 3.87. The second kappa shape index (κ2) is 5.57. The zero-order chi connectivity index (χ0) is 11.3. The van der Waals surface area contributed by atoms with Crippen LogP contribution in [0.5, 0.6) is 0 Å². The Morgan fingerprint density at radius 2 is 2.47 bits per heavy atom. The predicted octanol–water partition coefficient (Wildman–Crippen LogP) is 1.10. The van der Waals surface area contributed by atoms with Crippen LogP contribution in [0.15, 0.2) is 17.3 Å². The predicted molar refractivity (Wildman–Crippen MR) is 58.2 cm³/mol. The van der Waals surface area contributed by atoms with Crippen molar-refractivity contribution in [2.45, 2.75) is 5.03 Å². The highest BCUT2D eigenvalue weighted by atomic mass is 32.2. The molecule has 6 heteroatoms. The summed E-state index contributed by atoms with van der Waals surface area (Å²) in [6, 6.07) is 1.47. The van der Waals surface area contributed by atoms with Gasteiger partial charge in [-0.3, -0.25) is 0 Å². The van der Waals surface area contributed by atoms with Crippen molar-refractivity contribution in [2.75, 3.05) is 25.2 Å². The summed E-state index contributed by atoms with van der Waals surface area (Å²) in [5.74, 6) is -0.310. The van der Waals surface area contributed by atoms with Crippen LogP contribution < -0.4 is 5.73 Å². The third-order valence-corrected chi connectivity index (χ3v) is 2.57. The molecule has 0 spiro atoms. The highest BCUT2D eigenvalue weighted by Crippen LogP contribution is 2.19. The van der Waals surface area contributed by atoms with E-state index in [1.165, 1.54) is 24.0 Å². The lowest BCUT2D eigenvalue weighted by molar-refractivity contribution is 0.0697. The molecule has 0 amide bonds. The summed E-state index contributed by atoms with van der Waals surface area (Å²) in [4.78, 5) is 14.8. The molecule has 5 nitrogen and oxygen atoms in total. The Kier molecular flexibility index (Phi) is 4.38. The molecule has 0 fully saturated rings. The van der Waals surface area contributed by atoms with Crippen LogP contribution in [0, 0.1) is 0 Å². The number of rotatable bonds is 5. The number of carboxylic acids is 1. The molecule has 1 aromatic rings. The van der Waals surface area contributed by atoms with Crippen molar-refractivity contribution in [1.29, 1.82) is 0 Å². The van der Waals surface area contributed by atoms with E-state index in [4.69, 9.17) is 15.6 Å². The number of carboxylic acid groups (broad SMARTS) is 1. The van der Waals surface area contributed by atoms with Crippen molar-refractivity contribution in [3.8, 4) is 0 Å². The van der Waals surface area contributed by atoms with Crippen LogP contribution in [0.3, 0.4) is 0 Å². The number of thioether (sulfide) groups is 1. The summed E-state index contributed by atoms with van der Waals surface area (Å²) in [6.07, 6.45) is 1.36. The number of aromatic carboxylic acids is 1. The molecular weight excluding hydrogens is 216 g/mol. The van der Waals surface area contributed by atoms with Gasteiger partial charge in [0.05, 0.1) is 29.1 Å². The molecule has 0 saturated carbocycles. The molecule has 0 aliphatic carbocycles. The van der Waals surface area contributed by atoms with Gasteiger partial charge < -0.3 is 15.6 Å². The number of nitrogen functional groups attached to an aromatic ring is 1. The van der Waals surface area contributed by atoms with Crippen LogP contribution in [0.25, 0.3) is 0 Å². The van der Waals surface area contributed by atoms with Crippen molar-refractivity contribution < 1.29 is 14.6 Å². The lowest BCUT2D eigenvalue weighted by Crippen LogP contribution is -2.03. The zero-order valence-electron chi connectivity index (χ0n) is 8.27. The van der Waals surface area contributed by atoms with Crippen LogP contribution in [0.2, 0.25) is 0 Å². The Hall–Kier alpha value is -1.27. The lowest BCUT2D eigenvalue weighted by atomic mass is 10.2. The molecule has 0 unspecified atom stereocenters. The van der Waals surface area contributed by atoms with Crippen LogP contribution in [0.4, 0.5) is 5.69 Å². The van der Waals surface area contributed by atoms with Crippen LogP contribution in [-0.2, 0) is 4.74 Å². The Morgan fingerprint density at radius 1 is 1.73 bits per heavy atom. The molecule has 0 aromatic carbocycles. The number of anilines is 1. The van der Waals surface area contributed by atoms with E-state index in [9.17, 15) is 4.79 Å². The Labute approximate surface area is 91.6 Å². The smallest absolute Gasteiger partial charge is 0.337 e. The van der Waals surface area contributed by atoms with Crippen molar-refractivity contribution in [2.24, 2.45) is 0 Å². The quantitative estimate of drug-likeness (QED) is 0.580. The first-order valence-electron chi connectivity index (χ1n) is 4.25. The number of nitrogens with two attached hydrogens (primary N) is 1. The van der Waals surface area contributed by atoms with Crippen molar-refractivity contribution >= 4 is 23.4 Å². The van der Waals surface area contributed by atoms with Crippen molar-refractivity contribution in [3.63, 3.8) is 0 Å². The average Bonchev–Trinajstić information content (AvgIpc) is 2.20. The normalized spacial score (nSPS) is 10.2. The molecule has 3 N–H and O–H groups in total. The van der Waals surface area contributed by atoms with E-state index in [2.05, 4.69) is 4.98 Å². The third kappa shape index (κ3) is 3.41. The Balaban J connectivity index is 2.74. The van der Waals surface area contributed by atoms with E-state index in [0.29, 0.717) is 11.6 Å². The van der Waals surface area contributed by atoms with Crippen LogP contribution in [-0.4, -0.2) is 35.5 Å². The van der Waals surface area contributed by atoms with E-state index in [-0.39, 0.29) is 11.3 Å². The Morgan fingerprint density at radius 3 is 3.07 bits per heavy atom. The number of hydrogen-bond acceptors (Lipinski definition) is 5. The monoisotopic (exact) mass is 228 g/mol. The second-order valence-electron chi connectivity index (χ2n) is 2.76. The fraction of sp³-hybridized carbons (Fsp3) is 0.333. The first-order valence-corrected chi connectivity index (χ1v) is 5.24. The molecule has 0 atom stereocenters. The third-order valence-electron chi connectivity index (χ3n) is 1.68. The fourth-order valence-electron chi connectivity index (χ4n) is 0.940. The molecular formula is C9H12N2O3S. The highest BCUT2D eigenvalue weighted by molar-refractivity contribution is 7.99. The van der Waals surface area contributed by atoms with E-state index in [1.807, 2.05) is 0 Å². The zero-order valence-corrected chi connectivity index (χ0v) is 9.08. The van der Waals surface area contributed by atoms with Gasteiger partial charge in [-0.05, 0) is 6.07 Å². The standard InChI is InChI=1S/C9H12N2O3S/c1-14-2-3-15-8-4-6(9(12)13)7(10)5-11-8/h4-5H,2-3,10H2,1H3,(H,12,13). The minimum absolute atomic E-state index is 0.0879. The number of nitrogens with zero attached hydrogens (tertiary/aromatic N) is 1. The molecule has 1 aromatic heterocycles. The van der Waals surface area contributed by atoms with E-state index in [1.54, 1.807) is 7.11 Å². The fourth-order valence-corrected chi connectivity index (χ4v) is 1.73. The topological polar surface area (TPSA) is 85.4 Å². The summed E-state index contributed by atoms with van der Waals surface area (Å²) >= 11 is 1.43. The van der Waals surface area contributed by atoms with Crippen LogP contribution in [0.1, 0.15) is 10.4 Å². The number of carbonyl (C=O) groups is 1. The van der Waals surface area contributed by atoms with Crippen molar-refractivity contribution in [1.82, 2.24) is 4.98 Å². The van der Waals surface area contributed by atoms with Gasteiger partial charge in [0.2, 0.25) is 0 Å². The summed E-state index contributed by atoms with van der Waals surface area (Å²) in [5.41, 5.74) is 5.74. The minimum Gasteiger partial charge on any atom is -0.478 e. The Bertz CT molecular complexity index is 357. The van der Waals surface area contributed by atoms with Gasteiger partial charge in [0.1, 0.15) is 0 Å². The van der Waals surface area contributed by atoms with E-state index in [0.717, 1.165) is 5.75 Å². The van der Waals surface area contributed by atoms with Gasteiger partial charge in [-0.1, -0.05) is 0 Å². The van der Waals surface area contributed by atoms with Gasteiger partial charge in [-0.25, -0.2) is 9.78 Å². The summed E-state index contributed by atoms with van der Waals surface area (Å²) in [6.45, 7) is 0.596. The maximum atomic E-state index is 10.8. The van der Waals surface area contributed by atoms with E-state index < -0.39 is 5.97 Å². The molecule has 0 aliphatic heterocycles. The summed E-state index contributed by atoms with van der Waals surface area (Å²) in [7, 11) is 1.61. The lowest BCUT2D eigenvalue weighted by Gasteiger charge is -2.03. The number of hydrogen-bond donors (Lipinski definition) is 2. The van der Waals surface area contributed by atoms with Gasteiger partial charge in [0, 0.05) is 12.9 Å². The first kappa shape index (κ1) is 11.8. The first-order chi connectivity index (χ1) is 7.15. The number of aromatic nitrogens is 1. The molecule has 0 bridgehead atoms. The van der Waals surface area contributed by atoms with Gasteiger partial charge in [-0.15, -0.1) is 11.8 Å². The molecule has 1 heterocycles. The van der Waals surface area contributed by atoms with Gasteiger partial charge in [0.25, 0.3) is 0 Å². The van der Waals surface area contributed by atoms with Gasteiger partial charge in [0.15, 0.2) is 0 Å². The highest BCUT2D eigenvalue weighted by Gasteiger charge is 2.09. The largest absolute Gasteiger partial charge is 0.478 e. The van der Waals surface area contributed by atoms with Crippen molar-refractivity contribution in [3.05, 3.63) is 17.8 Å². The maximum Gasteiger partial charge on any atom is 0.337 e. The number of ether oxygens (including phenoxy) is 1. The molecule has 0 aliphatic rings. The molecule has 82 valence electrons. The molecule has 15 heavy (non-hydrogen) atoms. The maximum absolute atomic E-state index is 10.8. The molecule has 0 radical (unpaired) electrons. The number of methoxy groups -OCH3 is 1. The summed E-state index contributed by atoms with van der Waals surface area (Å²) in [5, 5.41) is 9.46. The molecule has 0 saturated heterocycles. The van der Waals surface area contributed by atoms with Gasteiger partial charge in [-0.2, -0.15) is 0 Å². The average molecular weight is 228 g/mol. The van der Waals surface area contributed by atoms with Crippen LogP contribution >= 0.6 is 11.8 Å². The van der Waals surface area contributed by atoms with E-state index >= 15 is 0 Å². The van der Waals surface area contributed by atoms with Gasteiger partial charge >= 0.3 is 5.97 Å². The number of pyridine rings is 1. The minimum atomic E-state index is -1.04. The summed E-state index contributed by atoms with van der Waals surface area (Å²) < 4.78 is 4.88.